The van der Waals surface area contributed by atoms with E-state index in [0.29, 0.717) is 13.2 Å². The first-order valence-corrected chi connectivity index (χ1v) is 5.85. The molecule has 0 atom stereocenters. The molecule has 0 saturated heterocycles. The van der Waals surface area contributed by atoms with Gasteiger partial charge in [0.05, 0.1) is 13.2 Å². The Morgan fingerprint density at radius 2 is 1.83 bits per heavy atom. The number of aliphatic hydroxyl groups excluding tert-OH is 1. The minimum atomic E-state index is -0.663. The number of anilines is 1. The van der Waals surface area contributed by atoms with Crippen molar-refractivity contribution in [1.82, 2.24) is 0 Å². The van der Waals surface area contributed by atoms with Crippen LogP contribution in [0.4, 0.5) is 14.5 Å². The van der Waals surface area contributed by atoms with Crippen molar-refractivity contribution in [3.63, 3.8) is 0 Å². The highest BCUT2D eigenvalue weighted by Crippen LogP contribution is 2.26. The average molecular weight is 259 g/mol. The predicted molar refractivity (Wildman–Crippen MR) is 66.6 cm³/mol. The fourth-order valence-corrected chi connectivity index (χ4v) is 1.80. The normalized spacial score (nSPS) is 11.1. The number of hydrogen-bond donors (Lipinski definition) is 1. The first kappa shape index (κ1) is 14.9. The molecule has 3 nitrogen and oxygen atoms in total. The summed E-state index contributed by atoms with van der Waals surface area (Å²) in [7, 11) is 1.54. The summed E-state index contributed by atoms with van der Waals surface area (Å²) in [6.45, 7) is 4.12. The Labute approximate surface area is 106 Å². The molecule has 102 valence electrons. The number of hydrogen-bond acceptors (Lipinski definition) is 3. The lowest BCUT2D eigenvalue weighted by Crippen LogP contribution is -2.35. The lowest BCUT2D eigenvalue weighted by molar-refractivity contribution is 0.203. The zero-order chi connectivity index (χ0) is 13.7. The third-order valence-corrected chi connectivity index (χ3v) is 2.71. The number of benzene rings is 1. The van der Waals surface area contributed by atoms with Gasteiger partial charge < -0.3 is 14.7 Å². The van der Waals surface area contributed by atoms with Gasteiger partial charge in [-0.3, -0.25) is 0 Å². The lowest BCUT2D eigenvalue weighted by atomic mass is 10.1. The van der Waals surface area contributed by atoms with Crippen LogP contribution in [-0.2, 0) is 11.3 Å². The molecule has 0 radical (unpaired) electrons. The van der Waals surface area contributed by atoms with Crippen molar-refractivity contribution in [1.29, 1.82) is 0 Å². The molecule has 0 saturated carbocycles. The molecule has 0 aliphatic heterocycles. The SMILES string of the molecule is COCCN(c1c(F)cc(CO)cc1F)C(C)C. The Balaban J connectivity index is 3.11. The Hall–Kier alpha value is -1.20. The topological polar surface area (TPSA) is 32.7 Å². The molecule has 1 rings (SSSR count). The number of ether oxygens (including phenoxy) is 1. The largest absolute Gasteiger partial charge is 0.392 e. The van der Waals surface area contributed by atoms with Crippen LogP contribution >= 0.6 is 0 Å². The molecule has 0 amide bonds. The van der Waals surface area contributed by atoms with Gasteiger partial charge in [0.2, 0.25) is 0 Å². The van der Waals surface area contributed by atoms with Crippen molar-refractivity contribution in [2.45, 2.75) is 26.5 Å². The van der Waals surface area contributed by atoms with E-state index in [0.717, 1.165) is 12.1 Å². The molecule has 0 aliphatic carbocycles. The second kappa shape index (κ2) is 6.66. The van der Waals surface area contributed by atoms with E-state index in [1.807, 2.05) is 13.8 Å². The van der Waals surface area contributed by atoms with Crippen molar-refractivity contribution in [3.05, 3.63) is 29.3 Å². The molecular weight excluding hydrogens is 240 g/mol. The van der Waals surface area contributed by atoms with Gasteiger partial charge in [-0.25, -0.2) is 8.78 Å². The van der Waals surface area contributed by atoms with E-state index < -0.39 is 11.6 Å². The highest BCUT2D eigenvalue weighted by atomic mass is 19.1. The standard InChI is InChI=1S/C13H19F2NO2/c1-9(2)16(4-5-18-3)13-11(14)6-10(8-17)7-12(13)15/h6-7,9,17H,4-5,8H2,1-3H3. The van der Waals surface area contributed by atoms with Gasteiger partial charge in [0.25, 0.3) is 0 Å². The van der Waals surface area contributed by atoms with E-state index in [2.05, 4.69) is 0 Å². The minimum Gasteiger partial charge on any atom is -0.392 e. The predicted octanol–water partition coefficient (Wildman–Crippen LogP) is 2.32. The number of nitrogens with zero attached hydrogens (tertiary/aromatic N) is 1. The molecule has 18 heavy (non-hydrogen) atoms. The number of halogens is 2. The number of rotatable bonds is 6. The van der Waals surface area contributed by atoms with E-state index in [9.17, 15) is 8.78 Å². The Kier molecular flexibility index (Phi) is 5.50. The molecule has 0 bridgehead atoms. The maximum absolute atomic E-state index is 13.9. The molecular formula is C13H19F2NO2. The van der Waals surface area contributed by atoms with Crippen LogP contribution in [0.3, 0.4) is 0 Å². The first-order chi connectivity index (χ1) is 8.51. The van der Waals surface area contributed by atoms with Crippen LogP contribution in [0, 0.1) is 11.6 Å². The summed E-state index contributed by atoms with van der Waals surface area (Å²) in [4.78, 5) is 1.61. The maximum Gasteiger partial charge on any atom is 0.149 e. The molecule has 0 fully saturated rings. The van der Waals surface area contributed by atoms with E-state index >= 15 is 0 Å². The zero-order valence-electron chi connectivity index (χ0n) is 10.9. The van der Waals surface area contributed by atoms with Gasteiger partial charge in [0.15, 0.2) is 0 Å². The molecule has 0 aliphatic rings. The Morgan fingerprint density at radius 3 is 2.22 bits per heavy atom. The van der Waals surface area contributed by atoms with Crippen LogP contribution in [0.2, 0.25) is 0 Å². The molecule has 0 unspecified atom stereocenters. The quantitative estimate of drug-likeness (QED) is 0.851. The summed E-state index contributed by atoms with van der Waals surface area (Å²) in [5, 5.41) is 8.90. The number of aliphatic hydroxyl groups is 1. The second-order valence-electron chi connectivity index (χ2n) is 4.35. The van der Waals surface area contributed by atoms with Gasteiger partial charge in [0.1, 0.15) is 17.3 Å². The summed E-state index contributed by atoms with van der Waals surface area (Å²) in [5.41, 5.74) is 0.156. The summed E-state index contributed by atoms with van der Waals surface area (Å²) in [5.74, 6) is -1.33. The molecule has 0 spiro atoms. The third kappa shape index (κ3) is 3.40. The van der Waals surface area contributed by atoms with E-state index in [1.165, 1.54) is 0 Å². The first-order valence-electron chi connectivity index (χ1n) is 5.85. The summed E-state index contributed by atoms with van der Waals surface area (Å²) < 4.78 is 32.7. The van der Waals surface area contributed by atoms with Gasteiger partial charge in [-0.05, 0) is 31.5 Å². The fraction of sp³-hybridized carbons (Fsp3) is 0.538. The second-order valence-corrected chi connectivity index (χ2v) is 4.35. The van der Waals surface area contributed by atoms with Crippen molar-refractivity contribution >= 4 is 5.69 Å². The molecule has 1 aromatic rings. The minimum absolute atomic E-state index is 0.0517. The zero-order valence-corrected chi connectivity index (χ0v) is 10.9. The fourth-order valence-electron chi connectivity index (χ4n) is 1.80. The van der Waals surface area contributed by atoms with Gasteiger partial charge >= 0.3 is 0 Å². The Bertz CT molecular complexity index is 374. The molecule has 0 aromatic heterocycles. The van der Waals surface area contributed by atoms with Crippen molar-refractivity contribution in [2.75, 3.05) is 25.2 Å². The average Bonchev–Trinajstić information content (AvgIpc) is 2.31. The lowest BCUT2D eigenvalue weighted by Gasteiger charge is -2.29. The highest BCUT2D eigenvalue weighted by molar-refractivity contribution is 5.51. The molecule has 1 N–H and O–H groups in total. The smallest absolute Gasteiger partial charge is 0.149 e. The molecule has 1 aromatic carbocycles. The summed E-state index contributed by atoms with van der Waals surface area (Å²) >= 11 is 0. The van der Waals surface area contributed by atoms with Gasteiger partial charge in [-0.15, -0.1) is 0 Å². The summed E-state index contributed by atoms with van der Waals surface area (Å²) in [6.07, 6.45) is 0. The van der Waals surface area contributed by atoms with Crippen molar-refractivity contribution in [3.8, 4) is 0 Å². The van der Waals surface area contributed by atoms with Crippen LogP contribution in [-0.4, -0.2) is 31.4 Å². The van der Waals surface area contributed by atoms with E-state index in [1.54, 1.807) is 12.0 Å². The molecule has 5 heteroatoms. The van der Waals surface area contributed by atoms with Crippen LogP contribution in [0.5, 0.6) is 0 Å². The summed E-state index contributed by atoms with van der Waals surface area (Å²) in [6, 6.07) is 2.26. The van der Waals surface area contributed by atoms with Gasteiger partial charge in [0, 0.05) is 19.7 Å². The van der Waals surface area contributed by atoms with Gasteiger partial charge in [-0.1, -0.05) is 0 Å². The maximum atomic E-state index is 13.9. The monoisotopic (exact) mass is 259 g/mol. The third-order valence-electron chi connectivity index (χ3n) is 2.71. The van der Waals surface area contributed by atoms with Crippen LogP contribution in [0.25, 0.3) is 0 Å². The highest BCUT2D eigenvalue weighted by Gasteiger charge is 2.20. The van der Waals surface area contributed by atoms with Crippen molar-refractivity contribution in [2.24, 2.45) is 0 Å². The van der Waals surface area contributed by atoms with Crippen LogP contribution in [0.15, 0.2) is 12.1 Å². The Morgan fingerprint density at radius 1 is 1.28 bits per heavy atom. The van der Waals surface area contributed by atoms with Crippen molar-refractivity contribution < 1.29 is 18.6 Å². The number of methoxy groups -OCH3 is 1. The van der Waals surface area contributed by atoms with Gasteiger partial charge in [-0.2, -0.15) is 0 Å². The van der Waals surface area contributed by atoms with Crippen LogP contribution < -0.4 is 4.90 Å². The van der Waals surface area contributed by atoms with Crippen LogP contribution in [0.1, 0.15) is 19.4 Å². The molecule has 0 heterocycles. The van der Waals surface area contributed by atoms with E-state index in [4.69, 9.17) is 9.84 Å². The van der Waals surface area contributed by atoms with E-state index in [-0.39, 0.29) is 23.9 Å².